The minimum absolute atomic E-state index is 0.405. The summed E-state index contributed by atoms with van der Waals surface area (Å²) in [7, 11) is 3.67. The molecule has 0 saturated carbocycles. The average Bonchev–Trinajstić information content (AvgIpc) is 3.36. The summed E-state index contributed by atoms with van der Waals surface area (Å²) in [6.45, 7) is 5.89. The van der Waals surface area contributed by atoms with Crippen LogP contribution in [0.2, 0.25) is 0 Å². The molecule has 9 heteroatoms. The number of aryl methyl sites for hydroxylation is 2. The van der Waals surface area contributed by atoms with E-state index in [-0.39, 0.29) is 0 Å². The number of ether oxygens (including phenoxy) is 1. The molecule has 3 aromatic rings. The highest BCUT2D eigenvalue weighted by atomic mass is 32.1. The zero-order chi connectivity index (χ0) is 19.3. The van der Waals surface area contributed by atoms with Crippen molar-refractivity contribution in [3.8, 4) is 0 Å². The Labute approximate surface area is 167 Å². The molecular formula is C19H23N7OS. The lowest BCUT2D eigenvalue weighted by Crippen LogP contribution is -2.31. The highest BCUT2D eigenvalue weighted by molar-refractivity contribution is 7.11. The van der Waals surface area contributed by atoms with E-state index in [9.17, 15) is 0 Å². The first-order chi connectivity index (χ1) is 13.6. The van der Waals surface area contributed by atoms with Crippen molar-refractivity contribution in [2.24, 2.45) is 7.05 Å². The molecule has 2 aliphatic heterocycles. The van der Waals surface area contributed by atoms with Gasteiger partial charge in [0, 0.05) is 50.2 Å². The standard InChI is InChI=1S/C19H23N7OS/c1-12-21-14-4-5-25(10-16(14)28-12)18-6-19(23-17(22-18)11-27-3)26-8-13-7-20-24(2)15(13)9-26/h6-7H,4-5,8-11H2,1-3H3. The number of fused-ring (bicyclic) bond motifs is 2. The van der Waals surface area contributed by atoms with Crippen molar-refractivity contribution in [2.75, 3.05) is 23.5 Å². The molecule has 0 saturated heterocycles. The summed E-state index contributed by atoms with van der Waals surface area (Å²) in [6.07, 6.45) is 2.91. The molecule has 2 aliphatic rings. The van der Waals surface area contributed by atoms with Crippen LogP contribution in [-0.2, 0) is 44.4 Å². The van der Waals surface area contributed by atoms with Crippen LogP contribution in [0.1, 0.15) is 32.7 Å². The lowest BCUT2D eigenvalue weighted by Gasteiger charge is -2.28. The highest BCUT2D eigenvalue weighted by Gasteiger charge is 2.26. The minimum atomic E-state index is 0.405. The first kappa shape index (κ1) is 17.6. The van der Waals surface area contributed by atoms with Gasteiger partial charge in [0.25, 0.3) is 0 Å². The van der Waals surface area contributed by atoms with E-state index in [0.29, 0.717) is 6.61 Å². The molecule has 3 aromatic heterocycles. The van der Waals surface area contributed by atoms with Gasteiger partial charge in [0.15, 0.2) is 5.82 Å². The largest absolute Gasteiger partial charge is 0.377 e. The quantitative estimate of drug-likeness (QED) is 0.668. The second-order valence-electron chi connectivity index (χ2n) is 7.30. The predicted molar refractivity (Wildman–Crippen MR) is 107 cm³/mol. The molecule has 0 amide bonds. The van der Waals surface area contributed by atoms with E-state index in [1.165, 1.54) is 21.8 Å². The van der Waals surface area contributed by atoms with Crippen LogP contribution in [0.15, 0.2) is 12.3 Å². The van der Waals surface area contributed by atoms with Crippen LogP contribution in [-0.4, -0.2) is 38.4 Å². The van der Waals surface area contributed by atoms with E-state index in [2.05, 4.69) is 32.9 Å². The SMILES string of the molecule is COCc1nc(N2CCc3nc(C)sc3C2)cc(N2Cc3cnn(C)c3C2)n1. The summed E-state index contributed by atoms with van der Waals surface area (Å²) in [5.74, 6) is 2.62. The number of anilines is 2. The molecule has 0 N–H and O–H groups in total. The molecule has 0 aliphatic carbocycles. The van der Waals surface area contributed by atoms with Crippen molar-refractivity contribution >= 4 is 23.0 Å². The lowest BCUT2D eigenvalue weighted by atomic mass is 10.2. The van der Waals surface area contributed by atoms with Crippen LogP contribution in [0.3, 0.4) is 0 Å². The summed E-state index contributed by atoms with van der Waals surface area (Å²) in [6, 6.07) is 2.11. The Morgan fingerprint density at radius 2 is 1.93 bits per heavy atom. The fraction of sp³-hybridized carbons (Fsp3) is 0.474. The highest BCUT2D eigenvalue weighted by Crippen LogP contribution is 2.31. The zero-order valence-electron chi connectivity index (χ0n) is 16.3. The van der Waals surface area contributed by atoms with Gasteiger partial charge in [0.2, 0.25) is 0 Å². The first-order valence-electron chi connectivity index (χ1n) is 9.42. The average molecular weight is 398 g/mol. The van der Waals surface area contributed by atoms with Crippen molar-refractivity contribution in [3.63, 3.8) is 0 Å². The van der Waals surface area contributed by atoms with E-state index < -0.39 is 0 Å². The fourth-order valence-corrected chi connectivity index (χ4v) is 4.95. The third-order valence-corrected chi connectivity index (χ3v) is 6.35. The van der Waals surface area contributed by atoms with Gasteiger partial charge >= 0.3 is 0 Å². The maximum Gasteiger partial charge on any atom is 0.158 e. The Kier molecular flexibility index (Phi) is 4.28. The molecule has 28 heavy (non-hydrogen) atoms. The summed E-state index contributed by atoms with van der Waals surface area (Å²) >= 11 is 1.79. The molecule has 0 unspecified atom stereocenters. The van der Waals surface area contributed by atoms with Crippen molar-refractivity contribution in [2.45, 2.75) is 39.6 Å². The maximum atomic E-state index is 5.33. The lowest BCUT2D eigenvalue weighted by molar-refractivity contribution is 0.178. The third kappa shape index (κ3) is 3.04. The van der Waals surface area contributed by atoms with Crippen LogP contribution in [0.5, 0.6) is 0 Å². The van der Waals surface area contributed by atoms with Gasteiger partial charge in [-0.25, -0.2) is 15.0 Å². The molecule has 0 aromatic carbocycles. The van der Waals surface area contributed by atoms with Crippen molar-refractivity contribution < 1.29 is 4.74 Å². The molecule has 0 radical (unpaired) electrons. The smallest absolute Gasteiger partial charge is 0.158 e. The predicted octanol–water partition coefficient (Wildman–Crippen LogP) is 2.20. The molecule has 5 rings (SSSR count). The van der Waals surface area contributed by atoms with E-state index in [1.807, 2.05) is 17.9 Å². The Bertz CT molecular complexity index is 1030. The second-order valence-corrected chi connectivity index (χ2v) is 8.59. The maximum absolute atomic E-state index is 5.33. The van der Waals surface area contributed by atoms with Gasteiger partial charge in [-0.05, 0) is 6.92 Å². The van der Waals surface area contributed by atoms with Gasteiger partial charge in [-0.1, -0.05) is 0 Å². The second kappa shape index (κ2) is 6.82. The van der Waals surface area contributed by atoms with Gasteiger partial charge < -0.3 is 14.5 Å². The number of methoxy groups -OCH3 is 1. The topological polar surface area (TPSA) is 72.2 Å². The summed E-state index contributed by atoms with van der Waals surface area (Å²) < 4.78 is 7.28. The zero-order valence-corrected chi connectivity index (χ0v) is 17.2. The summed E-state index contributed by atoms with van der Waals surface area (Å²) in [5.41, 5.74) is 3.75. The van der Waals surface area contributed by atoms with Crippen molar-refractivity contribution in [1.82, 2.24) is 24.7 Å². The Morgan fingerprint density at radius 1 is 1.11 bits per heavy atom. The van der Waals surface area contributed by atoms with Crippen LogP contribution >= 0.6 is 11.3 Å². The Hall–Kier alpha value is -2.52. The molecule has 0 atom stereocenters. The van der Waals surface area contributed by atoms with E-state index in [0.717, 1.165) is 55.1 Å². The Balaban J connectivity index is 1.45. The monoisotopic (exact) mass is 397 g/mol. The van der Waals surface area contributed by atoms with E-state index >= 15 is 0 Å². The minimum Gasteiger partial charge on any atom is -0.377 e. The number of aromatic nitrogens is 5. The number of nitrogens with zero attached hydrogens (tertiary/aromatic N) is 7. The van der Waals surface area contributed by atoms with Gasteiger partial charge in [-0.3, -0.25) is 4.68 Å². The number of thiazole rings is 1. The van der Waals surface area contributed by atoms with Gasteiger partial charge in [0.05, 0.1) is 35.7 Å². The first-order valence-corrected chi connectivity index (χ1v) is 10.2. The van der Waals surface area contributed by atoms with E-state index in [4.69, 9.17) is 14.7 Å². The Morgan fingerprint density at radius 3 is 2.71 bits per heavy atom. The molecular weight excluding hydrogens is 374 g/mol. The van der Waals surface area contributed by atoms with E-state index in [1.54, 1.807) is 18.4 Å². The molecule has 0 fully saturated rings. The summed E-state index contributed by atoms with van der Waals surface area (Å²) in [4.78, 5) is 20.2. The van der Waals surface area contributed by atoms with Gasteiger partial charge in [0.1, 0.15) is 18.2 Å². The number of hydrogen-bond acceptors (Lipinski definition) is 8. The van der Waals surface area contributed by atoms with Crippen LogP contribution < -0.4 is 9.80 Å². The molecule has 0 bridgehead atoms. The van der Waals surface area contributed by atoms with Gasteiger partial charge in [-0.15, -0.1) is 11.3 Å². The van der Waals surface area contributed by atoms with Crippen molar-refractivity contribution in [1.29, 1.82) is 0 Å². The molecule has 146 valence electrons. The third-order valence-electron chi connectivity index (χ3n) is 5.35. The van der Waals surface area contributed by atoms with Crippen LogP contribution in [0.4, 0.5) is 11.6 Å². The summed E-state index contributed by atoms with van der Waals surface area (Å²) in [5, 5.41) is 5.49. The van der Waals surface area contributed by atoms with Crippen LogP contribution in [0, 0.1) is 6.92 Å². The van der Waals surface area contributed by atoms with Crippen molar-refractivity contribution in [3.05, 3.63) is 44.9 Å². The molecule has 5 heterocycles. The van der Waals surface area contributed by atoms with Gasteiger partial charge in [-0.2, -0.15) is 5.10 Å². The number of hydrogen-bond donors (Lipinski definition) is 0. The van der Waals surface area contributed by atoms with Crippen LogP contribution in [0.25, 0.3) is 0 Å². The normalized spacial score (nSPS) is 15.8. The molecule has 0 spiro atoms. The fourth-order valence-electron chi connectivity index (χ4n) is 3.96. The number of rotatable bonds is 4. The molecule has 8 nitrogen and oxygen atoms in total.